The molecule has 3 fully saturated rings. The Balaban J connectivity index is 1.33. The lowest BCUT2D eigenvalue weighted by atomic mass is 9.54. The van der Waals surface area contributed by atoms with Crippen molar-refractivity contribution in [2.45, 2.75) is 70.4 Å². The third kappa shape index (κ3) is 8.31. The highest BCUT2D eigenvalue weighted by Gasteiger charge is 2.48. The fraction of sp³-hybridized carbons (Fsp3) is 0.432. The molecule has 9 heteroatoms. The molecule has 0 unspecified atom stereocenters. The van der Waals surface area contributed by atoms with Crippen molar-refractivity contribution in [3.05, 3.63) is 101 Å². The summed E-state index contributed by atoms with van der Waals surface area (Å²) in [5.41, 5.74) is 8.33. The van der Waals surface area contributed by atoms with Crippen LogP contribution in [0.1, 0.15) is 66.9 Å². The number of benzene rings is 3. The second-order valence-electron chi connectivity index (χ2n) is 13.0. The average molecular weight is 629 g/mol. The van der Waals surface area contributed by atoms with E-state index in [0.29, 0.717) is 36.6 Å². The largest absolute Gasteiger partial charge is 0.494 e. The summed E-state index contributed by atoms with van der Waals surface area (Å²) in [6.45, 7) is 3.68. The Hall–Kier alpha value is -4.24. The quantitative estimate of drug-likeness (QED) is 0.206. The number of hydrogen-bond donors (Lipinski definition) is 4. The maximum Gasteiger partial charge on any atom is 0.251 e. The Morgan fingerprint density at radius 3 is 1.87 bits per heavy atom. The van der Waals surface area contributed by atoms with E-state index < -0.39 is 23.9 Å². The molecule has 2 atom stereocenters. The van der Waals surface area contributed by atoms with E-state index in [1.165, 1.54) is 12.1 Å². The van der Waals surface area contributed by atoms with Crippen molar-refractivity contribution in [1.82, 2.24) is 16.0 Å². The van der Waals surface area contributed by atoms with Crippen molar-refractivity contribution in [1.29, 1.82) is 0 Å². The van der Waals surface area contributed by atoms with Gasteiger partial charge >= 0.3 is 0 Å². The van der Waals surface area contributed by atoms with Gasteiger partial charge in [0.1, 0.15) is 23.7 Å². The Kier molecular flexibility index (Phi) is 10.7. The van der Waals surface area contributed by atoms with Gasteiger partial charge in [-0.25, -0.2) is 4.39 Å². The van der Waals surface area contributed by atoms with Gasteiger partial charge in [-0.3, -0.25) is 14.4 Å². The van der Waals surface area contributed by atoms with Gasteiger partial charge in [0.25, 0.3) is 5.91 Å². The van der Waals surface area contributed by atoms with Gasteiger partial charge in [-0.15, -0.1) is 0 Å². The summed E-state index contributed by atoms with van der Waals surface area (Å²) in [7, 11) is 0. The Bertz CT molecular complexity index is 1450. The summed E-state index contributed by atoms with van der Waals surface area (Å²) in [6, 6.07) is 20.1. The van der Waals surface area contributed by atoms with Crippen LogP contribution in [0.15, 0.2) is 78.9 Å². The molecular weight excluding hydrogens is 583 g/mol. The normalized spacial score (nSPS) is 21.5. The van der Waals surface area contributed by atoms with Gasteiger partial charge in [0.2, 0.25) is 11.8 Å². The van der Waals surface area contributed by atoms with Crippen LogP contribution < -0.4 is 26.4 Å². The van der Waals surface area contributed by atoms with E-state index in [2.05, 4.69) is 16.0 Å². The molecule has 0 radical (unpaired) electrons. The van der Waals surface area contributed by atoms with Crippen molar-refractivity contribution in [2.24, 2.45) is 16.6 Å². The molecule has 0 saturated heterocycles. The number of carbonyl (C=O) groups excluding carboxylic acids is 3. The molecule has 3 aliphatic rings. The fourth-order valence-corrected chi connectivity index (χ4v) is 6.81. The van der Waals surface area contributed by atoms with Crippen molar-refractivity contribution >= 4 is 17.7 Å². The van der Waals surface area contributed by atoms with E-state index in [4.69, 9.17) is 10.5 Å². The lowest BCUT2D eigenvalue weighted by molar-refractivity contribution is -0.130. The van der Waals surface area contributed by atoms with Crippen LogP contribution in [0.2, 0.25) is 0 Å². The van der Waals surface area contributed by atoms with Crippen molar-refractivity contribution < 1.29 is 23.5 Å². The van der Waals surface area contributed by atoms with Crippen LogP contribution in [0.3, 0.4) is 0 Å². The summed E-state index contributed by atoms with van der Waals surface area (Å²) >= 11 is 0. The molecule has 244 valence electrons. The van der Waals surface area contributed by atoms with Gasteiger partial charge < -0.3 is 26.4 Å². The lowest BCUT2D eigenvalue weighted by Crippen LogP contribution is -2.56. The summed E-state index contributed by atoms with van der Waals surface area (Å²) in [5.74, 6) is -0.853. The van der Waals surface area contributed by atoms with Crippen LogP contribution in [0.5, 0.6) is 5.75 Å². The molecule has 0 spiro atoms. The number of rotatable bonds is 14. The SMILES string of the molecule is CCOc1ccc(C[C@@H](NC(=O)c2ccccc2)C(=O)N[C@@H](Cc2ccc(F)cc2)C(=O)NCC23CCC(CN)(CC2)CC3)cc1. The average Bonchev–Trinajstić information content (AvgIpc) is 3.09. The Morgan fingerprint density at radius 1 is 0.761 bits per heavy atom. The topological polar surface area (TPSA) is 123 Å². The Morgan fingerprint density at radius 2 is 1.30 bits per heavy atom. The zero-order valence-corrected chi connectivity index (χ0v) is 26.5. The molecular formula is C37H45FN4O4. The summed E-state index contributed by atoms with van der Waals surface area (Å²) in [6.07, 6.45) is 6.66. The highest BCUT2D eigenvalue weighted by atomic mass is 19.1. The summed E-state index contributed by atoms with van der Waals surface area (Å²) < 4.78 is 19.2. The van der Waals surface area contributed by atoms with Crippen LogP contribution in [0.25, 0.3) is 0 Å². The van der Waals surface area contributed by atoms with Crippen LogP contribution >= 0.6 is 0 Å². The molecule has 3 aromatic rings. The molecule has 5 N–H and O–H groups in total. The summed E-state index contributed by atoms with van der Waals surface area (Å²) in [4.78, 5) is 40.9. The van der Waals surface area contributed by atoms with E-state index in [9.17, 15) is 18.8 Å². The minimum absolute atomic E-state index is 0.0386. The third-order valence-electron chi connectivity index (χ3n) is 9.95. The number of halogens is 1. The second kappa shape index (κ2) is 14.9. The van der Waals surface area contributed by atoms with Crippen molar-refractivity contribution in [3.8, 4) is 5.75 Å². The molecule has 46 heavy (non-hydrogen) atoms. The third-order valence-corrected chi connectivity index (χ3v) is 9.95. The van der Waals surface area contributed by atoms with Gasteiger partial charge in [-0.2, -0.15) is 0 Å². The predicted octanol–water partition coefficient (Wildman–Crippen LogP) is 4.71. The molecule has 3 amide bonds. The molecule has 8 nitrogen and oxygen atoms in total. The van der Waals surface area contributed by atoms with E-state index >= 15 is 0 Å². The summed E-state index contributed by atoms with van der Waals surface area (Å²) in [5, 5.41) is 8.96. The highest BCUT2D eigenvalue weighted by molar-refractivity contribution is 5.98. The molecule has 2 bridgehead atoms. The first-order chi connectivity index (χ1) is 22.2. The second-order valence-corrected chi connectivity index (χ2v) is 13.0. The number of fused-ring (bicyclic) bond motifs is 3. The Labute approximate surface area is 270 Å². The first-order valence-electron chi connectivity index (χ1n) is 16.3. The van der Waals surface area contributed by atoms with E-state index in [-0.39, 0.29) is 35.4 Å². The number of ether oxygens (including phenoxy) is 1. The smallest absolute Gasteiger partial charge is 0.251 e. The zero-order valence-electron chi connectivity index (χ0n) is 26.5. The van der Waals surface area contributed by atoms with Gasteiger partial charge in [0.15, 0.2) is 0 Å². The molecule has 0 aliphatic heterocycles. The number of hydrogen-bond acceptors (Lipinski definition) is 5. The van der Waals surface area contributed by atoms with Crippen molar-refractivity contribution in [2.75, 3.05) is 19.7 Å². The van der Waals surface area contributed by atoms with Gasteiger partial charge in [-0.1, -0.05) is 42.5 Å². The highest BCUT2D eigenvalue weighted by Crippen LogP contribution is 2.56. The van der Waals surface area contributed by atoms with E-state index in [1.807, 2.05) is 37.3 Å². The van der Waals surface area contributed by atoms with E-state index in [1.54, 1.807) is 36.4 Å². The van der Waals surface area contributed by atoms with E-state index in [0.717, 1.165) is 44.1 Å². The minimum Gasteiger partial charge on any atom is -0.494 e. The van der Waals surface area contributed by atoms with Crippen LogP contribution in [0, 0.1) is 16.6 Å². The van der Waals surface area contributed by atoms with Crippen LogP contribution in [-0.2, 0) is 22.4 Å². The molecule has 0 heterocycles. The first-order valence-corrected chi connectivity index (χ1v) is 16.3. The first kappa shape index (κ1) is 33.1. The standard InChI is InChI=1S/C37H45FN4O4/c1-2-46-30-14-10-27(11-15-30)23-32(41-33(43)28-6-4-3-5-7-28)35(45)42-31(22-26-8-12-29(38)13-9-26)34(44)40-25-37-19-16-36(24-39,17-20-37)18-21-37/h3-15,31-32H,2,16-25,39H2,1H3,(H,40,44)(H,41,43)(H,42,45)/t31-,32+,36?,37?/m0/s1. The minimum atomic E-state index is -0.964. The maximum atomic E-state index is 13.9. The van der Waals surface area contributed by atoms with Gasteiger partial charge in [-0.05, 0) is 110 Å². The number of carbonyl (C=O) groups is 3. The van der Waals surface area contributed by atoms with Crippen LogP contribution in [-0.4, -0.2) is 49.5 Å². The zero-order chi connectivity index (χ0) is 32.6. The molecule has 3 saturated carbocycles. The molecule has 6 rings (SSSR count). The maximum absolute atomic E-state index is 13.9. The predicted molar refractivity (Wildman–Crippen MR) is 176 cm³/mol. The number of amides is 3. The molecule has 3 aliphatic carbocycles. The monoisotopic (exact) mass is 628 g/mol. The molecule has 3 aromatic carbocycles. The van der Waals surface area contributed by atoms with Gasteiger partial charge in [0, 0.05) is 24.9 Å². The lowest BCUT2D eigenvalue weighted by Gasteiger charge is -2.53. The molecule has 0 aromatic heterocycles. The van der Waals surface area contributed by atoms with Crippen molar-refractivity contribution in [3.63, 3.8) is 0 Å². The number of nitrogens with one attached hydrogen (secondary N) is 3. The number of nitrogens with two attached hydrogens (primary N) is 1. The van der Waals surface area contributed by atoms with Crippen LogP contribution in [0.4, 0.5) is 4.39 Å². The van der Waals surface area contributed by atoms with Gasteiger partial charge in [0.05, 0.1) is 6.61 Å². The fourth-order valence-electron chi connectivity index (χ4n) is 6.81.